The van der Waals surface area contributed by atoms with Gasteiger partial charge in [0.1, 0.15) is 12.3 Å². The van der Waals surface area contributed by atoms with Crippen LogP contribution >= 0.6 is 0 Å². The summed E-state index contributed by atoms with van der Waals surface area (Å²) in [4.78, 5) is 26.6. The van der Waals surface area contributed by atoms with Gasteiger partial charge < -0.3 is 24.4 Å². The predicted octanol–water partition coefficient (Wildman–Crippen LogP) is 3.72. The van der Waals surface area contributed by atoms with Crippen molar-refractivity contribution in [3.05, 3.63) is 96.1 Å². The molecule has 192 valence electrons. The van der Waals surface area contributed by atoms with Crippen molar-refractivity contribution in [1.82, 2.24) is 0 Å². The molecule has 2 N–H and O–H groups in total. The van der Waals surface area contributed by atoms with Gasteiger partial charge in [0.05, 0.1) is 20.2 Å². The largest absolute Gasteiger partial charge is 0.497 e. The van der Waals surface area contributed by atoms with Gasteiger partial charge in [-0.1, -0.05) is 60.7 Å². The predicted molar refractivity (Wildman–Crippen MR) is 140 cm³/mol. The summed E-state index contributed by atoms with van der Waals surface area (Å²) in [6.07, 6.45) is 1.40. The average molecular weight is 502 g/mol. The normalized spacial score (nSPS) is 22.8. The Hall–Kier alpha value is -3.68. The molecule has 3 aromatic rings. The molecule has 0 aromatic heterocycles. The molecule has 0 saturated carbocycles. The van der Waals surface area contributed by atoms with Crippen LogP contribution in [0.5, 0.6) is 5.75 Å². The van der Waals surface area contributed by atoms with Crippen LogP contribution in [0.25, 0.3) is 0 Å². The topological polar surface area (TPSA) is 84.9 Å². The van der Waals surface area contributed by atoms with E-state index >= 15 is 0 Å². The number of esters is 1. The van der Waals surface area contributed by atoms with Crippen molar-refractivity contribution >= 4 is 17.6 Å². The maximum Gasteiger partial charge on any atom is 0.348 e. The second-order valence-corrected chi connectivity index (χ2v) is 10.1. The van der Waals surface area contributed by atoms with Crippen molar-refractivity contribution < 1.29 is 28.7 Å². The number of methoxy groups -OCH3 is 1. The number of aliphatic hydroxyl groups is 1. The monoisotopic (exact) mass is 501 g/mol. The number of carbonyl (C=O) groups is 2. The molecule has 3 fully saturated rings. The van der Waals surface area contributed by atoms with Gasteiger partial charge in [-0.2, -0.15) is 0 Å². The van der Waals surface area contributed by atoms with Crippen molar-refractivity contribution in [2.45, 2.75) is 24.5 Å². The first-order valence-corrected chi connectivity index (χ1v) is 12.8. The van der Waals surface area contributed by atoms with E-state index in [1.165, 1.54) is 0 Å². The van der Waals surface area contributed by atoms with E-state index in [4.69, 9.17) is 9.47 Å². The van der Waals surface area contributed by atoms with Crippen LogP contribution in [0.1, 0.15) is 24.0 Å². The van der Waals surface area contributed by atoms with E-state index in [2.05, 4.69) is 5.32 Å². The van der Waals surface area contributed by atoms with E-state index in [0.29, 0.717) is 28.7 Å². The number of fused-ring (bicyclic) bond motifs is 3. The average Bonchev–Trinajstić information content (AvgIpc) is 2.94. The molecule has 37 heavy (non-hydrogen) atoms. The number of hydrogen-bond acceptors (Lipinski definition) is 5. The van der Waals surface area contributed by atoms with E-state index < -0.39 is 11.6 Å². The molecule has 3 heterocycles. The van der Waals surface area contributed by atoms with Gasteiger partial charge >= 0.3 is 5.97 Å². The minimum absolute atomic E-state index is 0.0688. The van der Waals surface area contributed by atoms with Crippen LogP contribution in [0.2, 0.25) is 0 Å². The van der Waals surface area contributed by atoms with Crippen LogP contribution in [0.3, 0.4) is 0 Å². The van der Waals surface area contributed by atoms with Gasteiger partial charge in [0, 0.05) is 24.4 Å². The minimum atomic E-state index is -1.91. The molecule has 3 saturated heterocycles. The second-order valence-electron chi connectivity index (χ2n) is 10.1. The van der Waals surface area contributed by atoms with Gasteiger partial charge in [-0.25, -0.2) is 4.79 Å². The van der Waals surface area contributed by atoms with Crippen LogP contribution in [-0.4, -0.2) is 60.9 Å². The molecule has 0 unspecified atom stereocenters. The summed E-state index contributed by atoms with van der Waals surface area (Å²) in [6.45, 7) is 2.62. The first kappa shape index (κ1) is 25.0. The Morgan fingerprint density at radius 1 is 0.919 bits per heavy atom. The molecule has 7 nitrogen and oxygen atoms in total. The molecule has 0 radical (unpaired) electrons. The number of nitrogens with zero attached hydrogens (tertiary/aromatic N) is 1. The third kappa shape index (κ3) is 5.10. The van der Waals surface area contributed by atoms with Gasteiger partial charge in [0.25, 0.3) is 5.91 Å². The standard InChI is InChI=1S/C30H32N2O5/c1-36-26-14-12-25(13-15-26)31-28(33)21-32-18-16-22(17-19-32)27(20-32)37-29(34)30(35,23-8-4-2-5-9-23)24-10-6-3-7-11-24/h2-15,22,27,35H,16-21H2,1H3/p+1/t22?,27-,32?/m0/s1. The maximum atomic E-state index is 13.7. The fraction of sp³-hybridized carbons (Fsp3) is 0.333. The van der Waals surface area contributed by atoms with Gasteiger partial charge in [-0.05, 0) is 35.4 Å². The molecule has 1 amide bonds. The zero-order valence-electron chi connectivity index (χ0n) is 21.0. The molecule has 3 aromatic carbocycles. The van der Waals surface area contributed by atoms with Crippen LogP contribution < -0.4 is 10.1 Å². The van der Waals surface area contributed by atoms with Crippen molar-refractivity contribution in [2.24, 2.45) is 5.92 Å². The second kappa shape index (κ2) is 10.4. The Kier molecular flexibility index (Phi) is 7.00. The summed E-state index contributed by atoms with van der Waals surface area (Å²) in [5.41, 5.74) is -0.259. The van der Waals surface area contributed by atoms with Crippen molar-refractivity contribution in [1.29, 1.82) is 0 Å². The molecule has 6 rings (SSSR count). The smallest absolute Gasteiger partial charge is 0.348 e. The number of anilines is 1. The van der Waals surface area contributed by atoms with Crippen LogP contribution in [0, 0.1) is 5.92 Å². The number of benzene rings is 3. The van der Waals surface area contributed by atoms with E-state index in [1.807, 2.05) is 36.4 Å². The van der Waals surface area contributed by atoms with E-state index in [-0.39, 0.29) is 17.9 Å². The number of carbonyl (C=O) groups excluding carboxylic acids is 2. The maximum absolute atomic E-state index is 13.7. The lowest BCUT2D eigenvalue weighted by molar-refractivity contribution is -0.939. The molecule has 0 spiro atoms. The summed E-state index contributed by atoms with van der Waals surface area (Å²) in [5.74, 6) is 0.211. The Morgan fingerprint density at radius 2 is 1.49 bits per heavy atom. The Labute approximate surface area is 217 Å². The fourth-order valence-corrected chi connectivity index (χ4v) is 5.74. The minimum Gasteiger partial charge on any atom is -0.497 e. The highest BCUT2D eigenvalue weighted by atomic mass is 16.6. The van der Waals surface area contributed by atoms with Crippen molar-refractivity contribution in [3.8, 4) is 5.75 Å². The Balaban J connectivity index is 1.31. The van der Waals surface area contributed by atoms with Crippen LogP contribution in [0.4, 0.5) is 5.69 Å². The number of quaternary nitrogens is 1. The van der Waals surface area contributed by atoms with Gasteiger partial charge in [-0.3, -0.25) is 4.79 Å². The summed E-state index contributed by atoms with van der Waals surface area (Å²) >= 11 is 0. The first-order chi connectivity index (χ1) is 17.9. The summed E-state index contributed by atoms with van der Waals surface area (Å²) in [7, 11) is 1.60. The van der Waals surface area contributed by atoms with Gasteiger partial charge in [0.2, 0.25) is 5.60 Å². The number of nitrogens with one attached hydrogen (secondary N) is 1. The lowest BCUT2D eigenvalue weighted by atomic mass is 9.82. The lowest BCUT2D eigenvalue weighted by Crippen LogP contribution is -2.66. The van der Waals surface area contributed by atoms with Crippen LogP contribution in [0.15, 0.2) is 84.9 Å². The molecule has 3 aliphatic heterocycles. The molecular weight excluding hydrogens is 468 g/mol. The quantitative estimate of drug-likeness (QED) is 0.363. The number of amides is 1. The van der Waals surface area contributed by atoms with Crippen molar-refractivity contribution in [3.63, 3.8) is 0 Å². The Morgan fingerprint density at radius 3 is 2.03 bits per heavy atom. The molecular formula is C30H33N2O5+. The van der Waals surface area contributed by atoms with Gasteiger partial charge in [-0.15, -0.1) is 0 Å². The van der Waals surface area contributed by atoms with Crippen LogP contribution in [-0.2, 0) is 19.9 Å². The number of piperidine rings is 3. The van der Waals surface area contributed by atoms with Gasteiger partial charge in [0.15, 0.2) is 12.6 Å². The Bertz CT molecular complexity index is 1180. The third-order valence-electron chi connectivity index (χ3n) is 7.83. The highest BCUT2D eigenvalue weighted by molar-refractivity contribution is 5.91. The number of rotatable bonds is 8. The third-order valence-corrected chi connectivity index (χ3v) is 7.83. The van der Waals surface area contributed by atoms with E-state index in [1.54, 1.807) is 55.6 Å². The SMILES string of the molecule is COc1ccc(NC(=O)C[N+]23CCC(CC2)[C@@H](OC(=O)C(O)(c2ccccc2)c2ccccc2)C3)cc1. The molecule has 2 bridgehead atoms. The number of hydrogen-bond donors (Lipinski definition) is 2. The van der Waals surface area contributed by atoms with E-state index in [0.717, 1.165) is 37.4 Å². The summed E-state index contributed by atoms with van der Waals surface area (Å²) < 4.78 is 11.9. The highest BCUT2D eigenvalue weighted by Crippen LogP contribution is 2.38. The number of ether oxygens (including phenoxy) is 2. The molecule has 3 aliphatic rings. The molecule has 7 heteroatoms. The highest BCUT2D eigenvalue weighted by Gasteiger charge is 2.51. The summed E-state index contributed by atoms with van der Waals surface area (Å²) in [5, 5.41) is 14.8. The zero-order chi connectivity index (χ0) is 25.9. The van der Waals surface area contributed by atoms with E-state index in [9.17, 15) is 14.7 Å². The molecule has 0 aliphatic carbocycles. The first-order valence-electron chi connectivity index (χ1n) is 12.8. The summed E-state index contributed by atoms with van der Waals surface area (Å²) in [6, 6.07) is 25.1. The van der Waals surface area contributed by atoms with Crippen molar-refractivity contribution in [2.75, 3.05) is 38.6 Å². The fourth-order valence-electron chi connectivity index (χ4n) is 5.74. The zero-order valence-corrected chi connectivity index (χ0v) is 21.0. The molecule has 1 atom stereocenters. The lowest BCUT2D eigenvalue weighted by Gasteiger charge is -2.51.